The molecular formula is C38H24O2. The summed E-state index contributed by atoms with van der Waals surface area (Å²) in [6.45, 7) is 0. The van der Waals surface area contributed by atoms with Crippen molar-refractivity contribution in [1.82, 2.24) is 0 Å². The smallest absolute Gasteiger partial charge is 0.136 e. The quantitative estimate of drug-likeness (QED) is 0.215. The highest BCUT2D eigenvalue weighted by molar-refractivity contribution is 6.23. The van der Waals surface area contributed by atoms with Crippen LogP contribution in [0.1, 0.15) is 17.7 Å². The SMILES string of the molecule is C1=Cc2c(oc3ccc4oc5cc(-c6c7ccccc7c(-c7ccccc7)c7ccccc67)ccc5c4c23)CC1. The Morgan fingerprint density at radius 2 is 1.10 bits per heavy atom. The molecule has 0 radical (unpaired) electrons. The molecule has 0 fully saturated rings. The fourth-order valence-electron chi connectivity index (χ4n) is 6.82. The standard InChI is InChI=1S/C38H24O2/c1-2-10-23(11-3-1)35-25-12-4-6-14-27(25)36(28-15-7-5-13-26(28)35)24-18-19-30-34(22-24)40-33-21-20-32-37(38(30)33)29-16-8-9-17-31(29)39-32/h1-8,10-16,18-22H,9,17H2. The highest BCUT2D eigenvalue weighted by atomic mass is 16.3. The summed E-state index contributed by atoms with van der Waals surface area (Å²) in [5, 5.41) is 8.43. The van der Waals surface area contributed by atoms with Crippen LogP contribution in [0.4, 0.5) is 0 Å². The molecule has 1 aliphatic rings. The summed E-state index contributed by atoms with van der Waals surface area (Å²) >= 11 is 0. The number of rotatable bonds is 2. The zero-order valence-corrected chi connectivity index (χ0v) is 21.8. The van der Waals surface area contributed by atoms with Crippen molar-refractivity contribution in [2.75, 3.05) is 0 Å². The topological polar surface area (TPSA) is 26.3 Å². The average Bonchev–Trinajstić information content (AvgIpc) is 3.57. The van der Waals surface area contributed by atoms with E-state index >= 15 is 0 Å². The van der Waals surface area contributed by atoms with Gasteiger partial charge in [-0.15, -0.1) is 0 Å². The maximum absolute atomic E-state index is 6.53. The van der Waals surface area contributed by atoms with Crippen molar-refractivity contribution in [3.63, 3.8) is 0 Å². The first kappa shape index (κ1) is 21.8. The molecule has 0 atom stereocenters. The van der Waals surface area contributed by atoms with Gasteiger partial charge in [-0.2, -0.15) is 0 Å². The van der Waals surface area contributed by atoms with Crippen LogP contribution >= 0.6 is 0 Å². The third-order valence-electron chi connectivity index (χ3n) is 8.51. The third-order valence-corrected chi connectivity index (χ3v) is 8.51. The molecule has 0 amide bonds. The number of hydrogen-bond acceptors (Lipinski definition) is 2. The number of fused-ring (bicyclic) bond motifs is 9. The maximum Gasteiger partial charge on any atom is 0.136 e. The van der Waals surface area contributed by atoms with Crippen molar-refractivity contribution < 1.29 is 8.83 Å². The summed E-state index contributed by atoms with van der Waals surface area (Å²) < 4.78 is 12.8. The van der Waals surface area contributed by atoms with Crippen LogP contribution in [0, 0.1) is 0 Å². The highest BCUT2D eigenvalue weighted by Gasteiger charge is 2.21. The molecule has 0 aliphatic heterocycles. The zero-order chi connectivity index (χ0) is 26.2. The lowest BCUT2D eigenvalue weighted by atomic mass is 9.86. The Kier molecular flexibility index (Phi) is 4.48. The van der Waals surface area contributed by atoms with Gasteiger partial charge in [-0.25, -0.2) is 0 Å². The van der Waals surface area contributed by atoms with Gasteiger partial charge < -0.3 is 8.83 Å². The molecular weight excluding hydrogens is 488 g/mol. The van der Waals surface area contributed by atoms with Crippen LogP contribution in [0.15, 0.2) is 124 Å². The lowest BCUT2D eigenvalue weighted by Crippen LogP contribution is -1.90. The predicted molar refractivity (Wildman–Crippen MR) is 167 cm³/mol. The third kappa shape index (κ3) is 2.99. The van der Waals surface area contributed by atoms with E-state index in [1.165, 1.54) is 43.8 Å². The van der Waals surface area contributed by atoms with Crippen molar-refractivity contribution >= 4 is 60.5 Å². The summed E-state index contributed by atoms with van der Waals surface area (Å²) in [6, 6.07) is 39.1. The van der Waals surface area contributed by atoms with Crippen LogP contribution in [-0.4, -0.2) is 0 Å². The van der Waals surface area contributed by atoms with Crippen LogP contribution in [0.2, 0.25) is 0 Å². The summed E-state index contributed by atoms with van der Waals surface area (Å²) in [5.41, 5.74) is 8.84. The Hall–Kier alpha value is -5.08. The summed E-state index contributed by atoms with van der Waals surface area (Å²) in [7, 11) is 0. The molecule has 40 heavy (non-hydrogen) atoms. The van der Waals surface area contributed by atoms with Crippen molar-refractivity contribution in [3.05, 3.63) is 127 Å². The minimum Gasteiger partial charge on any atom is -0.460 e. The van der Waals surface area contributed by atoms with Gasteiger partial charge in [-0.1, -0.05) is 97.1 Å². The van der Waals surface area contributed by atoms with Gasteiger partial charge in [-0.3, -0.25) is 0 Å². The largest absolute Gasteiger partial charge is 0.460 e. The molecule has 2 heterocycles. The summed E-state index contributed by atoms with van der Waals surface area (Å²) in [4.78, 5) is 0. The molecule has 6 aromatic carbocycles. The predicted octanol–water partition coefficient (Wildman–Crippen LogP) is 10.9. The molecule has 0 saturated carbocycles. The second-order valence-electron chi connectivity index (χ2n) is 10.7. The molecule has 0 N–H and O–H groups in total. The molecule has 8 aromatic rings. The van der Waals surface area contributed by atoms with E-state index in [9.17, 15) is 0 Å². The molecule has 0 saturated heterocycles. The minimum absolute atomic E-state index is 0.898. The van der Waals surface area contributed by atoms with Crippen LogP contribution in [0.3, 0.4) is 0 Å². The maximum atomic E-state index is 6.53. The van der Waals surface area contributed by atoms with Crippen LogP contribution < -0.4 is 0 Å². The van der Waals surface area contributed by atoms with Gasteiger partial charge in [0.05, 0.1) is 0 Å². The zero-order valence-electron chi connectivity index (χ0n) is 21.8. The van der Waals surface area contributed by atoms with Crippen molar-refractivity contribution in [2.24, 2.45) is 0 Å². The van der Waals surface area contributed by atoms with Gasteiger partial charge in [0.2, 0.25) is 0 Å². The number of hydrogen-bond donors (Lipinski definition) is 0. The Balaban J connectivity index is 1.36. The molecule has 0 bridgehead atoms. The van der Waals surface area contributed by atoms with E-state index in [1.807, 2.05) is 0 Å². The first-order valence-electron chi connectivity index (χ1n) is 13.9. The van der Waals surface area contributed by atoms with Gasteiger partial charge in [0.1, 0.15) is 22.5 Å². The van der Waals surface area contributed by atoms with Gasteiger partial charge in [-0.05, 0) is 74.5 Å². The molecule has 0 spiro atoms. The van der Waals surface area contributed by atoms with Crippen LogP contribution in [-0.2, 0) is 6.42 Å². The van der Waals surface area contributed by atoms with Crippen molar-refractivity contribution in [2.45, 2.75) is 12.8 Å². The number of benzene rings is 6. The summed E-state index contributed by atoms with van der Waals surface area (Å²) in [6.07, 6.45) is 6.42. The van der Waals surface area contributed by atoms with E-state index in [0.29, 0.717) is 0 Å². The van der Waals surface area contributed by atoms with E-state index in [-0.39, 0.29) is 0 Å². The van der Waals surface area contributed by atoms with Crippen molar-refractivity contribution in [3.8, 4) is 22.3 Å². The molecule has 1 aliphatic carbocycles. The Labute approximate surface area is 230 Å². The number of allylic oxidation sites excluding steroid dienone is 1. The number of aryl methyl sites for hydroxylation is 1. The van der Waals surface area contributed by atoms with Crippen LogP contribution in [0.25, 0.3) is 82.8 Å². The van der Waals surface area contributed by atoms with Crippen LogP contribution in [0.5, 0.6) is 0 Å². The second kappa shape index (κ2) is 8.21. The summed E-state index contributed by atoms with van der Waals surface area (Å²) in [5.74, 6) is 1.08. The molecule has 2 heteroatoms. The van der Waals surface area contributed by atoms with E-state index in [0.717, 1.165) is 57.1 Å². The molecule has 2 nitrogen and oxygen atoms in total. The fraction of sp³-hybridized carbons (Fsp3) is 0.0526. The monoisotopic (exact) mass is 512 g/mol. The first-order valence-corrected chi connectivity index (χ1v) is 13.9. The molecule has 0 unspecified atom stereocenters. The Morgan fingerprint density at radius 1 is 0.475 bits per heavy atom. The first-order chi connectivity index (χ1) is 19.8. The van der Waals surface area contributed by atoms with E-state index in [1.54, 1.807) is 0 Å². The van der Waals surface area contributed by atoms with E-state index in [2.05, 4.69) is 121 Å². The highest BCUT2D eigenvalue weighted by Crippen LogP contribution is 2.46. The molecule has 9 rings (SSSR count). The van der Waals surface area contributed by atoms with E-state index < -0.39 is 0 Å². The van der Waals surface area contributed by atoms with Gasteiger partial charge >= 0.3 is 0 Å². The Morgan fingerprint density at radius 3 is 1.80 bits per heavy atom. The average molecular weight is 513 g/mol. The lowest BCUT2D eigenvalue weighted by molar-refractivity contribution is 0.546. The lowest BCUT2D eigenvalue weighted by Gasteiger charge is -2.17. The number of furan rings is 2. The Bertz CT molecular complexity index is 2260. The van der Waals surface area contributed by atoms with Gasteiger partial charge in [0, 0.05) is 28.1 Å². The van der Waals surface area contributed by atoms with Gasteiger partial charge in [0.25, 0.3) is 0 Å². The molecule has 188 valence electrons. The van der Waals surface area contributed by atoms with E-state index in [4.69, 9.17) is 8.83 Å². The fourth-order valence-corrected chi connectivity index (χ4v) is 6.82. The molecule has 2 aromatic heterocycles. The minimum atomic E-state index is 0.898. The van der Waals surface area contributed by atoms with Gasteiger partial charge in [0.15, 0.2) is 0 Å². The second-order valence-corrected chi connectivity index (χ2v) is 10.7. The normalized spacial score (nSPS) is 13.2. The van der Waals surface area contributed by atoms with Crippen molar-refractivity contribution in [1.29, 1.82) is 0 Å².